The van der Waals surface area contributed by atoms with Crippen LogP contribution < -0.4 is 15.4 Å². The lowest BCUT2D eigenvalue weighted by atomic mass is 10.2. The maximum Gasteiger partial charge on any atom is 0.191 e. The molecule has 3 N–H and O–H groups in total. The summed E-state index contributed by atoms with van der Waals surface area (Å²) in [5.41, 5.74) is 0.752. The van der Waals surface area contributed by atoms with Crippen molar-refractivity contribution >= 4 is 5.96 Å². The Kier molecular flexibility index (Phi) is 8.88. The highest BCUT2D eigenvalue weighted by molar-refractivity contribution is 5.79. The number of unbranched alkanes of at least 4 members (excludes halogenated alkanes) is 3. The first-order valence-electron chi connectivity index (χ1n) is 8.09. The molecule has 0 heterocycles. The Morgan fingerprint density at radius 3 is 2.68 bits per heavy atom. The molecule has 22 heavy (non-hydrogen) atoms. The molecule has 0 radical (unpaired) electrons. The van der Waals surface area contributed by atoms with Gasteiger partial charge in [0.25, 0.3) is 0 Å². The van der Waals surface area contributed by atoms with Crippen molar-refractivity contribution in [3.63, 3.8) is 0 Å². The lowest BCUT2D eigenvalue weighted by Gasteiger charge is -2.12. The van der Waals surface area contributed by atoms with Crippen LogP contribution in [-0.4, -0.2) is 31.3 Å². The molecule has 1 aromatic rings. The van der Waals surface area contributed by atoms with Gasteiger partial charge in [-0.3, -0.25) is 0 Å². The number of aliphatic imine (C=N–C) groups is 1. The van der Waals surface area contributed by atoms with Gasteiger partial charge in [0, 0.05) is 18.7 Å². The van der Waals surface area contributed by atoms with Gasteiger partial charge in [0.2, 0.25) is 0 Å². The van der Waals surface area contributed by atoms with E-state index in [-0.39, 0.29) is 5.75 Å². The third kappa shape index (κ3) is 6.24. The number of guanidine groups is 1. The summed E-state index contributed by atoms with van der Waals surface area (Å²) in [7, 11) is 1.55. The Morgan fingerprint density at radius 2 is 2.00 bits per heavy atom. The molecule has 0 atom stereocenters. The van der Waals surface area contributed by atoms with E-state index in [1.165, 1.54) is 19.3 Å². The number of para-hydroxylation sites is 1. The molecule has 0 aliphatic heterocycles. The quantitative estimate of drug-likeness (QED) is 0.373. The summed E-state index contributed by atoms with van der Waals surface area (Å²) in [5, 5.41) is 16.6. The second-order valence-corrected chi connectivity index (χ2v) is 5.15. The van der Waals surface area contributed by atoms with Crippen LogP contribution >= 0.6 is 0 Å². The molecule has 0 bridgehead atoms. The second kappa shape index (κ2) is 10.8. The van der Waals surface area contributed by atoms with Crippen molar-refractivity contribution in [2.24, 2.45) is 4.99 Å². The first-order valence-corrected chi connectivity index (χ1v) is 8.09. The van der Waals surface area contributed by atoms with Crippen molar-refractivity contribution in [1.29, 1.82) is 0 Å². The summed E-state index contributed by atoms with van der Waals surface area (Å²) in [6, 6.07) is 5.44. The van der Waals surface area contributed by atoms with E-state index in [0.29, 0.717) is 12.3 Å². The number of nitrogens with one attached hydrogen (secondary N) is 2. The molecular weight excluding hydrogens is 278 g/mol. The molecule has 0 saturated heterocycles. The molecule has 0 saturated carbocycles. The molecule has 124 valence electrons. The fraction of sp³-hybridized carbons (Fsp3) is 0.588. The number of methoxy groups -OCH3 is 1. The van der Waals surface area contributed by atoms with Gasteiger partial charge in [0.1, 0.15) is 0 Å². The lowest BCUT2D eigenvalue weighted by molar-refractivity contribution is 0.370. The normalized spacial score (nSPS) is 11.3. The predicted molar refractivity (Wildman–Crippen MR) is 91.6 cm³/mol. The molecule has 0 fully saturated rings. The topological polar surface area (TPSA) is 65.9 Å². The molecular formula is C17H29N3O2. The average molecular weight is 307 g/mol. The summed E-state index contributed by atoms with van der Waals surface area (Å²) in [4.78, 5) is 4.52. The van der Waals surface area contributed by atoms with Gasteiger partial charge < -0.3 is 20.5 Å². The average Bonchev–Trinajstić information content (AvgIpc) is 2.53. The van der Waals surface area contributed by atoms with E-state index in [4.69, 9.17) is 4.74 Å². The fourth-order valence-corrected chi connectivity index (χ4v) is 2.12. The van der Waals surface area contributed by atoms with Crippen LogP contribution in [0.1, 0.15) is 45.1 Å². The number of rotatable bonds is 9. The van der Waals surface area contributed by atoms with Crippen molar-refractivity contribution in [1.82, 2.24) is 10.6 Å². The first-order chi connectivity index (χ1) is 10.7. The monoisotopic (exact) mass is 307 g/mol. The van der Waals surface area contributed by atoms with Gasteiger partial charge in [-0.05, 0) is 19.4 Å². The fourth-order valence-electron chi connectivity index (χ4n) is 2.12. The van der Waals surface area contributed by atoms with Crippen LogP contribution in [0.3, 0.4) is 0 Å². The number of benzene rings is 1. The summed E-state index contributed by atoms with van der Waals surface area (Å²) >= 11 is 0. The SMILES string of the molecule is CCCCCCNC(=NCc1cccc(OC)c1O)NCC. The van der Waals surface area contributed by atoms with Crippen molar-refractivity contribution in [3.05, 3.63) is 23.8 Å². The smallest absolute Gasteiger partial charge is 0.191 e. The summed E-state index contributed by atoms with van der Waals surface area (Å²) in [6.45, 7) is 6.38. The Bertz CT molecular complexity index is 461. The molecule has 0 aromatic heterocycles. The molecule has 1 aromatic carbocycles. The largest absolute Gasteiger partial charge is 0.504 e. The molecule has 1 rings (SSSR count). The highest BCUT2D eigenvalue weighted by atomic mass is 16.5. The lowest BCUT2D eigenvalue weighted by Crippen LogP contribution is -2.37. The first kappa shape index (κ1) is 18.1. The van der Waals surface area contributed by atoms with E-state index in [9.17, 15) is 5.11 Å². The zero-order valence-corrected chi connectivity index (χ0v) is 14.0. The minimum absolute atomic E-state index is 0.160. The van der Waals surface area contributed by atoms with E-state index in [1.54, 1.807) is 13.2 Å². The van der Waals surface area contributed by atoms with Crippen LogP contribution in [0.2, 0.25) is 0 Å². The van der Waals surface area contributed by atoms with Gasteiger partial charge in [-0.2, -0.15) is 0 Å². The van der Waals surface area contributed by atoms with Gasteiger partial charge in [0.15, 0.2) is 17.5 Å². The minimum Gasteiger partial charge on any atom is -0.504 e. The highest BCUT2D eigenvalue weighted by Gasteiger charge is 2.06. The second-order valence-electron chi connectivity index (χ2n) is 5.15. The summed E-state index contributed by atoms with van der Waals surface area (Å²) in [6.07, 6.45) is 4.89. The van der Waals surface area contributed by atoms with Gasteiger partial charge in [-0.25, -0.2) is 4.99 Å². The number of hydrogen-bond donors (Lipinski definition) is 3. The van der Waals surface area contributed by atoms with E-state index >= 15 is 0 Å². The molecule has 0 unspecified atom stereocenters. The Hall–Kier alpha value is -1.91. The van der Waals surface area contributed by atoms with Crippen LogP contribution in [0.25, 0.3) is 0 Å². The molecule has 0 aliphatic rings. The predicted octanol–water partition coefficient (Wildman–Crippen LogP) is 3.04. The van der Waals surface area contributed by atoms with Gasteiger partial charge in [0.05, 0.1) is 13.7 Å². The van der Waals surface area contributed by atoms with E-state index in [2.05, 4.69) is 22.5 Å². The number of aromatic hydroxyl groups is 1. The zero-order valence-electron chi connectivity index (χ0n) is 14.0. The minimum atomic E-state index is 0.160. The van der Waals surface area contributed by atoms with Crippen LogP contribution in [0.15, 0.2) is 23.2 Å². The third-order valence-corrected chi connectivity index (χ3v) is 3.38. The Labute approximate surface area is 133 Å². The van der Waals surface area contributed by atoms with Crippen molar-refractivity contribution in [3.8, 4) is 11.5 Å². The number of ether oxygens (including phenoxy) is 1. The molecule has 0 aliphatic carbocycles. The highest BCUT2D eigenvalue weighted by Crippen LogP contribution is 2.29. The molecule has 5 nitrogen and oxygen atoms in total. The van der Waals surface area contributed by atoms with Crippen molar-refractivity contribution in [2.45, 2.75) is 46.1 Å². The van der Waals surface area contributed by atoms with E-state index in [0.717, 1.165) is 31.0 Å². The van der Waals surface area contributed by atoms with Crippen molar-refractivity contribution in [2.75, 3.05) is 20.2 Å². The van der Waals surface area contributed by atoms with E-state index < -0.39 is 0 Å². The van der Waals surface area contributed by atoms with E-state index in [1.807, 2.05) is 19.1 Å². The summed E-state index contributed by atoms with van der Waals surface area (Å²) in [5.74, 6) is 1.42. The maximum absolute atomic E-state index is 10.1. The Morgan fingerprint density at radius 1 is 1.18 bits per heavy atom. The zero-order chi connectivity index (χ0) is 16.2. The standard InChI is InChI=1S/C17H29N3O2/c1-4-6-7-8-12-19-17(18-5-2)20-13-14-10-9-11-15(22-3)16(14)21/h9-11,21H,4-8,12-13H2,1-3H3,(H2,18,19,20). The van der Waals surface area contributed by atoms with Crippen LogP contribution in [0, 0.1) is 0 Å². The molecule has 0 spiro atoms. The Balaban J connectivity index is 2.58. The van der Waals surface area contributed by atoms with Gasteiger partial charge in [-0.1, -0.05) is 38.3 Å². The van der Waals surface area contributed by atoms with Crippen LogP contribution in [0.4, 0.5) is 0 Å². The van der Waals surface area contributed by atoms with Gasteiger partial charge >= 0.3 is 0 Å². The van der Waals surface area contributed by atoms with Crippen LogP contribution in [-0.2, 0) is 6.54 Å². The summed E-state index contributed by atoms with van der Waals surface area (Å²) < 4.78 is 5.11. The van der Waals surface area contributed by atoms with Crippen LogP contribution in [0.5, 0.6) is 11.5 Å². The molecule has 5 heteroatoms. The number of nitrogens with zero attached hydrogens (tertiary/aromatic N) is 1. The number of phenolic OH excluding ortho intramolecular Hbond substituents is 1. The van der Waals surface area contributed by atoms with Crippen molar-refractivity contribution < 1.29 is 9.84 Å². The maximum atomic E-state index is 10.1. The number of hydrogen-bond acceptors (Lipinski definition) is 3. The number of phenols is 1. The third-order valence-electron chi connectivity index (χ3n) is 3.38. The van der Waals surface area contributed by atoms with Gasteiger partial charge in [-0.15, -0.1) is 0 Å². The molecule has 0 amide bonds.